The number of hydrogen-bond donors (Lipinski definition) is 1. The van der Waals surface area contributed by atoms with Crippen molar-refractivity contribution < 1.29 is 9.53 Å². The molecule has 0 spiro atoms. The van der Waals surface area contributed by atoms with E-state index in [0.29, 0.717) is 6.54 Å². The summed E-state index contributed by atoms with van der Waals surface area (Å²) in [6, 6.07) is 14.6. The van der Waals surface area contributed by atoms with Gasteiger partial charge in [0.2, 0.25) is 5.91 Å². The molecule has 0 saturated heterocycles. The number of imidazole rings is 1. The lowest BCUT2D eigenvalue weighted by Crippen LogP contribution is -2.21. The van der Waals surface area contributed by atoms with Crippen LogP contribution in [-0.4, -0.2) is 28.6 Å². The number of carbonyl (C=O) groups is 1. The number of amides is 1. The van der Waals surface area contributed by atoms with Crippen molar-refractivity contribution in [2.45, 2.75) is 58.9 Å². The molecule has 32 heavy (non-hydrogen) atoms. The summed E-state index contributed by atoms with van der Waals surface area (Å²) in [7, 11) is 0. The second-order valence-electron chi connectivity index (χ2n) is 8.28. The van der Waals surface area contributed by atoms with Gasteiger partial charge in [-0.2, -0.15) is 0 Å². The molecule has 0 radical (unpaired) electrons. The van der Waals surface area contributed by atoms with E-state index in [1.54, 1.807) is 0 Å². The Kier molecular flexibility index (Phi) is 8.90. The molecule has 3 aromatic rings. The molecule has 0 fully saturated rings. The van der Waals surface area contributed by atoms with Crippen LogP contribution in [0, 0.1) is 13.8 Å². The first-order chi connectivity index (χ1) is 15.6. The minimum Gasteiger partial charge on any atom is -0.494 e. The molecule has 1 heterocycles. The average Bonchev–Trinajstić information content (AvgIpc) is 3.15. The highest BCUT2D eigenvalue weighted by molar-refractivity contribution is 5.86. The highest BCUT2D eigenvalue weighted by atomic mass is 16.5. The molecule has 5 heteroatoms. The minimum atomic E-state index is -0.103. The quantitative estimate of drug-likeness (QED) is 0.285. The van der Waals surface area contributed by atoms with Gasteiger partial charge in [0.25, 0.3) is 0 Å². The fourth-order valence-corrected chi connectivity index (χ4v) is 3.80. The lowest BCUT2D eigenvalue weighted by atomic mass is 10.1. The minimum absolute atomic E-state index is 0.103. The van der Waals surface area contributed by atoms with Crippen LogP contribution in [-0.2, 0) is 17.8 Å². The molecule has 0 aliphatic heterocycles. The summed E-state index contributed by atoms with van der Waals surface area (Å²) >= 11 is 0. The zero-order valence-electron chi connectivity index (χ0n) is 19.4. The Morgan fingerprint density at radius 2 is 1.91 bits per heavy atom. The van der Waals surface area contributed by atoms with Crippen molar-refractivity contribution in [2.75, 3.05) is 13.2 Å². The van der Waals surface area contributed by atoms with Crippen molar-refractivity contribution in [1.29, 1.82) is 0 Å². The van der Waals surface area contributed by atoms with E-state index in [-0.39, 0.29) is 5.91 Å². The number of hydrogen-bond acceptors (Lipinski definition) is 3. The van der Waals surface area contributed by atoms with Crippen LogP contribution in [0.15, 0.2) is 55.1 Å². The maximum absolute atomic E-state index is 11.2. The third-order valence-corrected chi connectivity index (χ3v) is 5.82. The van der Waals surface area contributed by atoms with E-state index in [1.165, 1.54) is 22.7 Å². The van der Waals surface area contributed by atoms with E-state index in [4.69, 9.17) is 9.72 Å². The summed E-state index contributed by atoms with van der Waals surface area (Å²) in [5.41, 5.74) is 4.82. The van der Waals surface area contributed by atoms with Gasteiger partial charge >= 0.3 is 0 Å². The first-order valence-corrected chi connectivity index (χ1v) is 11.6. The van der Waals surface area contributed by atoms with Crippen molar-refractivity contribution in [1.82, 2.24) is 14.9 Å². The SMILES string of the molecule is C=CC(=O)NCCCCCc1nc2ccccc2n1CCCCOc1ccc(C)c(C)c1. The van der Waals surface area contributed by atoms with Gasteiger partial charge in [-0.1, -0.05) is 31.2 Å². The third kappa shape index (κ3) is 6.71. The van der Waals surface area contributed by atoms with Crippen molar-refractivity contribution in [3.8, 4) is 5.75 Å². The number of carbonyl (C=O) groups excluding carboxylic acids is 1. The predicted molar refractivity (Wildman–Crippen MR) is 131 cm³/mol. The Hall–Kier alpha value is -3.08. The monoisotopic (exact) mass is 433 g/mol. The van der Waals surface area contributed by atoms with Crippen LogP contribution in [0.1, 0.15) is 49.1 Å². The smallest absolute Gasteiger partial charge is 0.243 e. The van der Waals surface area contributed by atoms with E-state index in [1.807, 2.05) is 12.1 Å². The zero-order valence-corrected chi connectivity index (χ0v) is 19.4. The first kappa shape index (κ1) is 23.6. The van der Waals surface area contributed by atoms with Gasteiger partial charge in [0.15, 0.2) is 0 Å². The summed E-state index contributed by atoms with van der Waals surface area (Å²) in [5, 5.41) is 2.83. The molecule has 0 saturated carbocycles. The van der Waals surface area contributed by atoms with Gasteiger partial charge in [-0.25, -0.2) is 4.98 Å². The van der Waals surface area contributed by atoms with Gasteiger partial charge in [-0.3, -0.25) is 4.79 Å². The molecular weight excluding hydrogens is 398 g/mol. The largest absolute Gasteiger partial charge is 0.494 e. The number of unbranched alkanes of at least 4 members (excludes halogenated alkanes) is 3. The van der Waals surface area contributed by atoms with Gasteiger partial charge in [0.1, 0.15) is 11.6 Å². The molecule has 1 amide bonds. The molecule has 5 nitrogen and oxygen atoms in total. The van der Waals surface area contributed by atoms with Crippen molar-refractivity contribution >= 4 is 16.9 Å². The Morgan fingerprint density at radius 3 is 2.72 bits per heavy atom. The third-order valence-electron chi connectivity index (χ3n) is 5.82. The van der Waals surface area contributed by atoms with Crippen LogP contribution in [0.25, 0.3) is 11.0 Å². The fraction of sp³-hybridized carbons (Fsp3) is 0.407. The molecule has 0 bridgehead atoms. The fourth-order valence-electron chi connectivity index (χ4n) is 3.80. The lowest BCUT2D eigenvalue weighted by molar-refractivity contribution is -0.116. The van der Waals surface area contributed by atoms with Crippen LogP contribution in [0.2, 0.25) is 0 Å². The number of aromatic nitrogens is 2. The standard InChI is InChI=1S/C27H35N3O2/c1-4-27(31)28-17-9-5-6-14-26-29-24-12-7-8-13-25(24)30(26)18-10-11-19-32-23-16-15-21(2)22(3)20-23/h4,7-8,12-13,15-16,20H,1,5-6,9-11,14,17-19H2,2-3H3,(H,28,31). The number of ether oxygens (including phenoxy) is 1. The Labute approximate surface area is 191 Å². The van der Waals surface area contributed by atoms with E-state index >= 15 is 0 Å². The molecule has 0 aliphatic rings. The van der Waals surface area contributed by atoms with Crippen LogP contribution < -0.4 is 10.1 Å². The van der Waals surface area contributed by atoms with Crippen LogP contribution in [0.4, 0.5) is 0 Å². The first-order valence-electron chi connectivity index (χ1n) is 11.6. The van der Waals surface area contributed by atoms with Crippen LogP contribution >= 0.6 is 0 Å². The topological polar surface area (TPSA) is 56.2 Å². The molecule has 0 aliphatic carbocycles. The summed E-state index contributed by atoms with van der Waals surface area (Å²) in [6.45, 7) is 10.1. The van der Waals surface area contributed by atoms with Gasteiger partial charge in [-0.05, 0) is 81.0 Å². The van der Waals surface area contributed by atoms with Crippen LogP contribution in [0.5, 0.6) is 5.75 Å². The second-order valence-corrected chi connectivity index (χ2v) is 8.28. The van der Waals surface area contributed by atoms with Crippen LogP contribution in [0.3, 0.4) is 0 Å². The van der Waals surface area contributed by atoms with Crippen molar-refractivity contribution in [2.24, 2.45) is 0 Å². The molecule has 2 aromatic carbocycles. The molecule has 1 N–H and O–H groups in total. The number of benzene rings is 2. The molecule has 0 unspecified atom stereocenters. The van der Waals surface area contributed by atoms with Gasteiger partial charge in [0, 0.05) is 19.5 Å². The summed E-state index contributed by atoms with van der Waals surface area (Å²) < 4.78 is 8.31. The van der Waals surface area contributed by atoms with Gasteiger partial charge < -0.3 is 14.6 Å². The number of fused-ring (bicyclic) bond motifs is 1. The van der Waals surface area contributed by atoms with E-state index in [0.717, 1.165) is 68.8 Å². The van der Waals surface area contributed by atoms with E-state index < -0.39 is 0 Å². The van der Waals surface area contributed by atoms with E-state index in [9.17, 15) is 4.79 Å². The lowest BCUT2D eigenvalue weighted by Gasteiger charge is -2.11. The van der Waals surface area contributed by atoms with Gasteiger partial charge in [-0.15, -0.1) is 0 Å². The maximum Gasteiger partial charge on any atom is 0.243 e. The number of para-hydroxylation sites is 2. The number of rotatable bonds is 13. The molecule has 0 atom stereocenters. The summed E-state index contributed by atoms with van der Waals surface area (Å²) in [4.78, 5) is 16.1. The number of nitrogens with zero attached hydrogens (tertiary/aromatic N) is 2. The highest BCUT2D eigenvalue weighted by Gasteiger charge is 2.10. The molecule has 1 aromatic heterocycles. The Balaban J connectivity index is 1.48. The predicted octanol–water partition coefficient (Wildman–Crippen LogP) is 5.53. The Bertz CT molecular complexity index is 1040. The van der Waals surface area contributed by atoms with Crippen molar-refractivity contribution in [3.63, 3.8) is 0 Å². The molecular formula is C27H35N3O2. The van der Waals surface area contributed by atoms with Gasteiger partial charge in [0.05, 0.1) is 17.6 Å². The number of aryl methyl sites for hydroxylation is 4. The molecule has 170 valence electrons. The van der Waals surface area contributed by atoms with E-state index in [2.05, 4.69) is 60.6 Å². The number of nitrogens with one attached hydrogen (secondary N) is 1. The highest BCUT2D eigenvalue weighted by Crippen LogP contribution is 2.20. The molecule has 3 rings (SSSR count). The maximum atomic E-state index is 11.2. The average molecular weight is 434 g/mol. The van der Waals surface area contributed by atoms with Crippen molar-refractivity contribution in [3.05, 3.63) is 72.1 Å². The normalized spacial score (nSPS) is 10.9. The summed E-state index contributed by atoms with van der Waals surface area (Å²) in [6.07, 6.45) is 7.40. The Morgan fingerprint density at radius 1 is 1.06 bits per heavy atom. The second kappa shape index (κ2) is 12.1. The summed E-state index contributed by atoms with van der Waals surface area (Å²) in [5.74, 6) is 2.00. The zero-order chi connectivity index (χ0) is 22.8.